The van der Waals surface area contributed by atoms with E-state index in [4.69, 9.17) is 0 Å². The minimum Gasteiger partial charge on any atom is -0.390 e. The molecule has 0 saturated carbocycles. The van der Waals surface area contributed by atoms with Gasteiger partial charge >= 0.3 is 0 Å². The van der Waals surface area contributed by atoms with Crippen LogP contribution in [0.4, 0.5) is 0 Å². The zero-order valence-electron chi connectivity index (χ0n) is 16.9. The summed E-state index contributed by atoms with van der Waals surface area (Å²) in [6.45, 7) is 5.17. The lowest BCUT2D eigenvalue weighted by atomic mass is 9.89. The molecule has 2 aliphatic heterocycles. The minimum atomic E-state index is -0.237. The standard InChI is InChI=1S/C25H34N2O/c28-25-20-26(18-15-24(25)27-16-9-1-2-10-17-27)19-23(21-11-5-3-6-12-21)22-13-7-4-8-14-22/h3-8,11-14,23-25,28H,1-2,9-10,15-20H2/t24-,25-/m1/s1. The predicted octanol–water partition coefficient (Wildman–Crippen LogP) is 4.13. The third-order valence-electron chi connectivity index (χ3n) is 6.58. The Morgan fingerprint density at radius 3 is 1.89 bits per heavy atom. The van der Waals surface area contributed by atoms with E-state index < -0.39 is 0 Å². The first-order chi connectivity index (χ1) is 13.8. The zero-order chi connectivity index (χ0) is 19.2. The first-order valence-electron chi connectivity index (χ1n) is 11.1. The fraction of sp³-hybridized carbons (Fsp3) is 0.520. The van der Waals surface area contributed by atoms with Crippen LogP contribution < -0.4 is 0 Å². The molecule has 3 nitrogen and oxygen atoms in total. The van der Waals surface area contributed by atoms with Crippen LogP contribution >= 0.6 is 0 Å². The minimum absolute atomic E-state index is 0.237. The Hall–Kier alpha value is -1.68. The van der Waals surface area contributed by atoms with Gasteiger partial charge in [-0.1, -0.05) is 73.5 Å². The van der Waals surface area contributed by atoms with Gasteiger partial charge in [-0.05, 0) is 50.0 Å². The second-order valence-electron chi connectivity index (χ2n) is 8.51. The Morgan fingerprint density at radius 2 is 1.36 bits per heavy atom. The van der Waals surface area contributed by atoms with E-state index in [1.807, 2.05) is 0 Å². The van der Waals surface area contributed by atoms with Crippen LogP contribution in [0.2, 0.25) is 0 Å². The van der Waals surface area contributed by atoms with E-state index in [0.717, 1.165) is 26.1 Å². The molecule has 0 aromatic heterocycles. The fourth-order valence-electron chi connectivity index (χ4n) is 5.04. The number of benzene rings is 2. The van der Waals surface area contributed by atoms with E-state index in [0.29, 0.717) is 12.0 Å². The van der Waals surface area contributed by atoms with E-state index >= 15 is 0 Å². The maximum absolute atomic E-state index is 11.0. The lowest BCUT2D eigenvalue weighted by Crippen LogP contribution is -2.54. The highest BCUT2D eigenvalue weighted by Crippen LogP contribution is 2.28. The zero-order valence-corrected chi connectivity index (χ0v) is 16.9. The van der Waals surface area contributed by atoms with Crippen molar-refractivity contribution in [3.8, 4) is 0 Å². The maximum Gasteiger partial charge on any atom is 0.0822 e. The van der Waals surface area contributed by atoms with Crippen LogP contribution in [-0.2, 0) is 0 Å². The van der Waals surface area contributed by atoms with E-state index in [-0.39, 0.29) is 6.10 Å². The van der Waals surface area contributed by atoms with Gasteiger partial charge in [0.15, 0.2) is 0 Å². The van der Waals surface area contributed by atoms with Crippen LogP contribution in [0.25, 0.3) is 0 Å². The van der Waals surface area contributed by atoms with E-state index in [1.165, 1.54) is 49.9 Å². The summed E-state index contributed by atoms with van der Waals surface area (Å²) >= 11 is 0. The molecule has 0 spiro atoms. The van der Waals surface area contributed by atoms with Gasteiger partial charge in [-0.25, -0.2) is 0 Å². The van der Waals surface area contributed by atoms with Crippen LogP contribution in [-0.4, -0.2) is 59.8 Å². The SMILES string of the molecule is O[C@@H]1CN(CC(c2ccccc2)c2ccccc2)CC[C@H]1N1CCCCCC1. The average Bonchev–Trinajstić information content (AvgIpc) is 3.03. The van der Waals surface area contributed by atoms with Crippen molar-refractivity contribution in [1.29, 1.82) is 0 Å². The Bertz CT molecular complexity index is 658. The molecular formula is C25H34N2O. The van der Waals surface area contributed by atoms with Crippen molar-refractivity contribution in [3.63, 3.8) is 0 Å². The molecule has 2 fully saturated rings. The van der Waals surface area contributed by atoms with E-state index in [2.05, 4.69) is 70.5 Å². The highest BCUT2D eigenvalue weighted by molar-refractivity contribution is 5.32. The average molecular weight is 379 g/mol. The Balaban J connectivity index is 1.44. The van der Waals surface area contributed by atoms with Crippen molar-refractivity contribution in [2.75, 3.05) is 32.7 Å². The molecule has 1 N–H and O–H groups in total. The molecule has 2 heterocycles. The van der Waals surface area contributed by atoms with Crippen molar-refractivity contribution < 1.29 is 5.11 Å². The summed E-state index contributed by atoms with van der Waals surface area (Å²) in [6.07, 6.45) is 6.12. The molecule has 3 heteroatoms. The number of nitrogens with zero attached hydrogens (tertiary/aromatic N) is 2. The summed E-state index contributed by atoms with van der Waals surface area (Å²) in [4.78, 5) is 5.05. The van der Waals surface area contributed by atoms with E-state index in [9.17, 15) is 5.11 Å². The lowest BCUT2D eigenvalue weighted by Gasteiger charge is -2.42. The first-order valence-corrected chi connectivity index (χ1v) is 11.1. The molecule has 0 aliphatic carbocycles. The van der Waals surface area contributed by atoms with Gasteiger partial charge in [0, 0.05) is 25.0 Å². The van der Waals surface area contributed by atoms with Crippen molar-refractivity contribution >= 4 is 0 Å². The van der Waals surface area contributed by atoms with E-state index in [1.54, 1.807) is 0 Å². The largest absolute Gasteiger partial charge is 0.390 e. The van der Waals surface area contributed by atoms with Gasteiger partial charge in [-0.15, -0.1) is 0 Å². The molecule has 0 bridgehead atoms. The number of β-amino-alcohol motifs (C(OH)–C–C–N with tert-alkyl or cyclic N) is 1. The number of piperidine rings is 1. The number of likely N-dealkylation sites (tertiary alicyclic amines) is 2. The highest BCUT2D eigenvalue weighted by Gasteiger charge is 2.33. The molecule has 28 heavy (non-hydrogen) atoms. The molecule has 2 aromatic rings. The summed E-state index contributed by atoms with van der Waals surface area (Å²) in [6, 6.07) is 22.0. The Morgan fingerprint density at radius 1 is 0.786 bits per heavy atom. The van der Waals surface area contributed by atoms with Crippen molar-refractivity contribution in [2.24, 2.45) is 0 Å². The topological polar surface area (TPSA) is 26.7 Å². The summed E-state index contributed by atoms with van der Waals surface area (Å²) < 4.78 is 0. The summed E-state index contributed by atoms with van der Waals surface area (Å²) in [5.41, 5.74) is 2.72. The predicted molar refractivity (Wildman–Crippen MR) is 116 cm³/mol. The molecule has 0 unspecified atom stereocenters. The van der Waals surface area contributed by atoms with Crippen LogP contribution in [0, 0.1) is 0 Å². The van der Waals surface area contributed by atoms with Crippen LogP contribution in [0.15, 0.2) is 60.7 Å². The van der Waals surface area contributed by atoms with Crippen molar-refractivity contribution in [1.82, 2.24) is 9.80 Å². The van der Waals surface area contributed by atoms with Crippen LogP contribution in [0.5, 0.6) is 0 Å². The highest BCUT2D eigenvalue weighted by atomic mass is 16.3. The van der Waals surface area contributed by atoms with Gasteiger partial charge in [0.1, 0.15) is 0 Å². The number of aliphatic hydroxyl groups is 1. The molecule has 2 aromatic carbocycles. The van der Waals surface area contributed by atoms with Gasteiger partial charge in [-0.3, -0.25) is 9.80 Å². The van der Waals surface area contributed by atoms with Gasteiger partial charge in [0.2, 0.25) is 0 Å². The summed E-state index contributed by atoms with van der Waals surface area (Å²) in [5.74, 6) is 0.351. The monoisotopic (exact) mass is 378 g/mol. The lowest BCUT2D eigenvalue weighted by molar-refractivity contribution is -0.0127. The van der Waals surface area contributed by atoms with Gasteiger partial charge < -0.3 is 5.11 Å². The summed E-state index contributed by atoms with van der Waals surface area (Å²) in [5, 5.41) is 11.0. The molecule has 4 rings (SSSR count). The Labute approximate surface area is 170 Å². The molecule has 0 radical (unpaired) electrons. The molecule has 2 saturated heterocycles. The number of hydrogen-bond donors (Lipinski definition) is 1. The van der Waals surface area contributed by atoms with Crippen LogP contribution in [0.3, 0.4) is 0 Å². The summed E-state index contributed by atoms with van der Waals surface area (Å²) in [7, 11) is 0. The molecule has 0 amide bonds. The second kappa shape index (κ2) is 9.69. The Kier molecular flexibility index (Phi) is 6.79. The smallest absolute Gasteiger partial charge is 0.0822 e. The third kappa shape index (κ3) is 4.83. The van der Waals surface area contributed by atoms with Crippen LogP contribution in [0.1, 0.15) is 49.1 Å². The normalized spacial score (nSPS) is 24.9. The van der Waals surface area contributed by atoms with Gasteiger partial charge in [0.05, 0.1) is 6.10 Å². The number of hydrogen-bond acceptors (Lipinski definition) is 3. The maximum atomic E-state index is 11.0. The molecule has 2 atom stereocenters. The molecular weight excluding hydrogens is 344 g/mol. The van der Waals surface area contributed by atoms with Gasteiger partial charge in [0.25, 0.3) is 0 Å². The third-order valence-corrected chi connectivity index (χ3v) is 6.58. The first kappa shape index (κ1) is 19.6. The van der Waals surface area contributed by atoms with Crippen molar-refractivity contribution in [2.45, 2.75) is 50.2 Å². The second-order valence-corrected chi connectivity index (χ2v) is 8.51. The van der Waals surface area contributed by atoms with Crippen molar-refractivity contribution in [3.05, 3.63) is 71.8 Å². The number of aliphatic hydroxyl groups excluding tert-OH is 1. The number of rotatable bonds is 5. The molecule has 2 aliphatic rings. The molecule has 150 valence electrons. The van der Waals surface area contributed by atoms with Gasteiger partial charge in [-0.2, -0.15) is 0 Å². The fourth-order valence-corrected chi connectivity index (χ4v) is 5.04. The quantitative estimate of drug-likeness (QED) is 0.847.